The minimum atomic E-state index is -0.163. The second kappa shape index (κ2) is 5.93. The maximum atomic E-state index is 12.7. The topological polar surface area (TPSA) is 72.8 Å². The molecule has 5 heteroatoms. The second-order valence-electron chi connectivity index (χ2n) is 6.08. The van der Waals surface area contributed by atoms with E-state index in [1.807, 2.05) is 4.90 Å². The van der Waals surface area contributed by atoms with Crippen LogP contribution in [-0.2, 0) is 0 Å². The van der Waals surface area contributed by atoms with Crippen molar-refractivity contribution in [2.45, 2.75) is 31.7 Å². The second-order valence-corrected chi connectivity index (χ2v) is 6.08. The standard InChI is InChI=1S/C16H22N2O3/c19-13-3-4-15(20)14(9-13)16(21)18(12-1-2-12)10-11-5-7-17-8-6-11/h3-4,9,11-12,17,19-20H,1-2,5-8,10H2. The molecule has 21 heavy (non-hydrogen) atoms. The summed E-state index contributed by atoms with van der Waals surface area (Å²) in [6.45, 7) is 2.77. The molecule has 1 saturated heterocycles. The van der Waals surface area contributed by atoms with E-state index >= 15 is 0 Å². The molecule has 1 heterocycles. The van der Waals surface area contributed by atoms with Crippen LogP contribution in [0.1, 0.15) is 36.0 Å². The molecule has 3 N–H and O–H groups in total. The third-order valence-electron chi connectivity index (χ3n) is 4.37. The van der Waals surface area contributed by atoms with Crippen molar-refractivity contribution in [2.24, 2.45) is 5.92 Å². The summed E-state index contributed by atoms with van der Waals surface area (Å²) in [6.07, 6.45) is 4.25. The zero-order valence-electron chi connectivity index (χ0n) is 12.1. The number of nitrogens with one attached hydrogen (secondary N) is 1. The van der Waals surface area contributed by atoms with Crippen molar-refractivity contribution in [1.82, 2.24) is 10.2 Å². The summed E-state index contributed by atoms with van der Waals surface area (Å²) in [5, 5.41) is 22.8. The zero-order chi connectivity index (χ0) is 14.8. The summed E-state index contributed by atoms with van der Waals surface area (Å²) in [5.74, 6) is 0.308. The maximum Gasteiger partial charge on any atom is 0.258 e. The number of amides is 1. The van der Waals surface area contributed by atoms with Crippen molar-refractivity contribution in [1.29, 1.82) is 0 Å². The lowest BCUT2D eigenvalue weighted by Crippen LogP contribution is -2.40. The maximum absolute atomic E-state index is 12.7. The van der Waals surface area contributed by atoms with Crippen LogP contribution >= 0.6 is 0 Å². The molecule has 3 rings (SSSR count). The molecule has 0 bridgehead atoms. The van der Waals surface area contributed by atoms with Gasteiger partial charge < -0.3 is 20.4 Å². The first-order chi connectivity index (χ1) is 10.1. The van der Waals surface area contributed by atoms with Gasteiger partial charge >= 0.3 is 0 Å². The van der Waals surface area contributed by atoms with E-state index in [4.69, 9.17) is 0 Å². The minimum absolute atomic E-state index is 0.00811. The summed E-state index contributed by atoms with van der Waals surface area (Å²) in [6, 6.07) is 4.42. The first-order valence-electron chi connectivity index (χ1n) is 7.69. The molecule has 0 radical (unpaired) electrons. The number of phenolic OH excluding ortho intramolecular Hbond substituents is 2. The average molecular weight is 290 g/mol. The number of carbonyl (C=O) groups excluding carboxylic acids is 1. The van der Waals surface area contributed by atoms with E-state index in [9.17, 15) is 15.0 Å². The molecule has 114 valence electrons. The van der Waals surface area contributed by atoms with Crippen molar-refractivity contribution in [2.75, 3.05) is 19.6 Å². The lowest BCUT2D eigenvalue weighted by molar-refractivity contribution is 0.0698. The molecule has 0 spiro atoms. The largest absolute Gasteiger partial charge is 0.508 e. The van der Waals surface area contributed by atoms with Gasteiger partial charge in [-0.15, -0.1) is 0 Å². The lowest BCUT2D eigenvalue weighted by atomic mass is 9.97. The highest BCUT2D eigenvalue weighted by Crippen LogP contribution is 2.32. The van der Waals surface area contributed by atoms with Gasteiger partial charge in [-0.25, -0.2) is 0 Å². The molecule has 0 atom stereocenters. The molecule has 1 aromatic carbocycles. The Morgan fingerprint density at radius 1 is 1.19 bits per heavy atom. The highest BCUT2D eigenvalue weighted by Gasteiger charge is 2.35. The van der Waals surface area contributed by atoms with Gasteiger partial charge in [0.1, 0.15) is 11.5 Å². The molecular weight excluding hydrogens is 268 g/mol. The molecule has 1 amide bonds. The van der Waals surface area contributed by atoms with Crippen molar-refractivity contribution < 1.29 is 15.0 Å². The van der Waals surface area contributed by atoms with Gasteiger partial charge in [0.15, 0.2) is 0 Å². The molecule has 2 fully saturated rings. The first kappa shape index (κ1) is 14.2. The first-order valence-corrected chi connectivity index (χ1v) is 7.69. The lowest BCUT2D eigenvalue weighted by Gasteiger charge is -2.30. The fourth-order valence-corrected chi connectivity index (χ4v) is 2.98. The van der Waals surface area contributed by atoms with E-state index in [1.54, 1.807) is 0 Å². The number of rotatable bonds is 4. The van der Waals surface area contributed by atoms with E-state index in [-0.39, 0.29) is 23.0 Å². The van der Waals surface area contributed by atoms with E-state index < -0.39 is 0 Å². The predicted molar refractivity (Wildman–Crippen MR) is 79.4 cm³/mol. The third kappa shape index (κ3) is 3.29. The molecular formula is C16H22N2O3. The molecule has 1 saturated carbocycles. The number of carbonyl (C=O) groups is 1. The van der Waals surface area contributed by atoms with Gasteiger partial charge in [0, 0.05) is 12.6 Å². The Labute approximate surface area is 124 Å². The van der Waals surface area contributed by atoms with Crippen molar-refractivity contribution in [3.63, 3.8) is 0 Å². The van der Waals surface area contributed by atoms with Gasteiger partial charge in [0.05, 0.1) is 5.56 Å². The minimum Gasteiger partial charge on any atom is -0.508 e. The van der Waals surface area contributed by atoms with Crippen LogP contribution in [0.3, 0.4) is 0 Å². The summed E-state index contributed by atoms with van der Waals surface area (Å²) >= 11 is 0. The number of phenols is 2. The Bertz CT molecular complexity index is 522. The number of hydrogen-bond donors (Lipinski definition) is 3. The van der Waals surface area contributed by atoms with Crippen LogP contribution in [0.4, 0.5) is 0 Å². The highest BCUT2D eigenvalue weighted by atomic mass is 16.3. The molecule has 2 aliphatic rings. The molecule has 1 aliphatic carbocycles. The monoisotopic (exact) mass is 290 g/mol. The summed E-state index contributed by atoms with van der Waals surface area (Å²) in [4.78, 5) is 14.6. The van der Waals surface area contributed by atoms with Crippen LogP contribution in [0.2, 0.25) is 0 Å². The number of piperidine rings is 1. The van der Waals surface area contributed by atoms with Crippen molar-refractivity contribution in [3.05, 3.63) is 23.8 Å². The van der Waals surface area contributed by atoms with Gasteiger partial charge in [-0.05, 0) is 62.9 Å². The molecule has 1 aromatic rings. The fraction of sp³-hybridized carbons (Fsp3) is 0.562. The molecule has 0 aromatic heterocycles. The number of nitrogens with zero attached hydrogens (tertiary/aromatic N) is 1. The fourth-order valence-electron chi connectivity index (χ4n) is 2.98. The van der Waals surface area contributed by atoms with Gasteiger partial charge in [-0.3, -0.25) is 4.79 Å². The van der Waals surface area contributed by atoms with Gasteiger partial charge in [-0.1, -0.05) is 0 Å². The Morgan fingerprint density at radius 3 is 2.57 bits per heavy atom. The van der Waals surface area contributed by atoms with Crippen LogP contribution in [0.5, 0.6) is 11.5 Å². The molecule has 1 aliphatic heterocycles. The van der Waals surface area contributed by atoms with E-state index in [0.29, 0.717) is 12.0 Å². The quantitative estimate of drug-likeness (QED) is 0.738. The third-order valence-corrected chi connectivity index (χ3v) is 4.37. The van der Waals surface area contributed by atoms with Crippen LogP contribution in [0.15, 0.2) is 18.2 Å². The number of aromatic hydroxyl groups is 2. The van der Waals surface area contributed by atoms with Crippen LogP contribution in [0.25, 0.3) is 0 Å². The summed E-state index contributed by atoms with van der Waals surface area (Å²) < 4.78 is 0. The summed E-state index contributed by atoms with van der Waals surface area (Å²) in [5.41, 5.74) is 0.204. The van der Waals surface area contributed by atoms with E-state index in [0.717, 1.165) is 45.3 Å². The van der Waals surface area contributed by atoms with Crippen molar-refractivity contribution in [3.8, 4) is 11.5 Å². The van der Waals surface area contributed by atoms with Crippen LogP contribution < -0.4 is 5.32 Å². The smallest absolute Gasteiger partial charge is 0.258 e. The van der Waals surface area contributed by atoms with Gasteiger partial charge in [-0.2, -0.15) is 0 Å². The van der Waals surface area contributed by atoms with Crippen LogP contribution in [-0.4, -0.2) is 46.7 Å². The van der Waals surface area contributed by atoms with Gasteiger partial charge in [0.2, 0.25) is 0 Å². The average Bonchev–Trinajstić information content (AvgIpc) is 3.32. The Morgan fingerprint density at radius 2 is 1.90 bits per heavy atom. The Hall–Kier alpha value is -1.75. The van der Waals surface area contributed by atoms with Crippen LogP contribution in [0, 0.1) is 5.92 Å². The Balaban J connectivity index is 1.76. The van der Waals surface area contributed by atoms with E-state index in [2.05, 4.69) is 5.32 Å². The SMILES string of the molecule is O=C(c1cc(O)ccc1O)N(CC1CCNCC1)C1CC1. The molecule has 5 nitrogen and oxygen atoms in total. The highest BCUT2D eigenvalue weighted by molar-refractivity contribution is 5.97. The predicted octanol–water partition coefficient (Wildman–Crippen LogP) is 1.70. The number of hydrogen-bond acceptors (Lipinski definition) is 4. The zero-order valence-corrected chi connectivity index (χ0v) is 12.1. The number of benzene rings is 1. The summed E-state index contributed by atoms with van der Waals surface area (Å²) in [7, 11) is 0. The van der Waals surface area contributed by atoms with E-state index in [1.165, 1.54) is 18.2 Å². The molecule has 0 unspecified atom stereocenters. The van der Waals surface area contributed by atoms with Gasteiger partial charge in [0.25, 0.3) is 5.91 Å². The Kier molecular flexibility index (Phi) is 4.01. The van der Waals surface area contributed by atoms with Crippen molar-refractivity contribution >= 4 is 5.91 Å². The normalized spacial score (nSPS) is 19.4.